The lowest BCUT2D eigenvalue weighted by molar-refractivity contribution is -0.0399. The van der Waals surface area contributed by atoms with Crippen LogP contribution in [0.4, 0.5) is 17.1 Å². The number of aromatic nitrogens is 1. The maximum Gasteiger partial charge on any atom is 0.0541 e. The molecule has 0 atom stereocenters. The second kappa shape index (κ2) is 14.8. The van der Waals surface area contributed by atoms with Crippen molar-refractivity contribution in [2.45, 2.75) is 37.5 Å². The Kier molecular flexibility index (Phi) is 8.50. The van der Waals surface area contributed by atoms with Crippen molar-refractivity contribution in [3.8, 4) is 50.2 Å². The molecule has 2 nitrogen and oxygen atoms in total. The first-order valence-electron chi connectivity index (χ1n) is 24.2. The highest BCUT2D eigenvalue weighted by Gasteiger charge is 2.61. The van der Waals surface area contributed by atoms with Gasteiger partial charge in [-0.3, -0.25) is 0 Å². The van der Waals surface area contributed by atoms with E-state index in [1.807, 2.05) is 0 Å². The lowest BCUT2D eigenvalue weighted by atomic mass is 9.43. The van der Waals surface area contributed by atoms with Crippen molar-refractivity contribution < 1.29 is 0 Å². The summed E-state index contributed by atoms with van der Waals surface area (Å²) >= 11 is 0. The van der Waals surface area contributed by atoms with E-state index in [1.54, 1.807) is 11.1 Å². The van der Waals surface area contributed by atoms with Gasteiger partial charge in [-0.25, -0.2) is 0 Å². The summed E-state index contributed by atoms with van der Waals surface area (Å²) in [5, 5.41) is 2.54. The second-order valence-corrected chi connectivity index (χ2v) is 19.7. The van der Waals surface area contributed by atoms with Crippen molar-refractivity contribution in [2.75, 3.05) is 4.90 Å². The van der Waals surface area contributed by atoms with E-state index in [-0.39, 0.29) is 5.41 Å². The summed E-state index contributed by atoms with van der Waals surface area (Å²) in [6.45, 7) is 0. The number of anilines is 3. The molecule has 316 valence electrons. The average molecular weight is 847 g/mol. The molecule has 4 saturated carbocycles. The lowest BCUT2D eigenvalue weighted by Crippen LogP contribution is -2.55. The number of para-hydroxylation sites is 2. The number of fused-ring (bicyclic) bond motifs is 6. The zero-order valence-corrected chi connectivity index (χ0v) is 37.0. The molecule has 5 aliphatic carbocycles. The fourth-order valence-corrected chi connectivity index (χ4v) is 13.9. The Morgan fingerprint density at radius 3 is 1.44 bits per heavy atom. The smallest absolute Gasteiger partial charge is 0.0541 e. The molecule has 4 bridgehead atoms. The molecule has 0 saturated heterocycles. The van der Waals surface area contributed by atoms with E-state index in [9.17, 15) is 0 Å². The van der Waals surface area contributed by atoms with Gasteiger partial charge in [0, 0.05) is 38.9 Å². The molecule has 1 heterocycles. The van der Waals surface area contributed by atoms with Crippen LogP contribution in [-0.2, 0) is 5.41 Å². The van der Waals surface area contributed by atoms with Gasteiger partial charge >= 0.3 is 0 Å². The molecule has 5 aliphatic rings. The molecule has 0 unspecified atom stereocenters. The minimum absolute atomic E-state index is 0.202. The van der Waals surface area contributed by atoms with Crippen LogP contribution in [0.15, 0.2) is 218 Å². The third-order valence-electron chi connectivity index (χ3n) is 16.4. The summed E-state index contributed by atoms with van der Waals surface area (Å²) in [6, 6.07) is 81.4. The van der Waals surface area contributed by atoms with Gasteiger partial charge in [-0.2, -0.15) is 0 Å². The molecule has 0 aliphatic heterocycles. The largest absolute Gasteiger partial charge is 0.311 e. The molecule has 9 aromatic carbocycles. The van der Waals surface area contributed by atoms with Crippen LogP contribution >= 0.6 is 0 Å². The van der Waals surface area contributed by atoms with Gasteiger partial charge in [0.05, 0.1) is 11.0 Å². The number of rotatable bonds is 7. The van der Waals surface area contributed by atoms with Crippen molar-refractivity contribution in [1.82, 2.24) is 4.57 Å². The third kappa shape index (κ3) is 5.73. The van der Waals surface area contributed by atoms with Crippen LogP contribution in [-0.4, -0.2) is 4.57 Å². The van der Waals surface area contributed by atoms with Gasteiger partial charge in [-0.15, -0.1) is 0 Å². The number of nitrogens with zero attached hydrogens (tertiary/aromatic N) is 2. The number of hydrogen-bond acceptors (Lipinski definition) is 1. The van der Waals surface area contributed by atoms with Gasteiger partial charge in [0.25, 0.3) is 0 Å². The predicted octanol–water partition coefficient (Wildman–Crippen LogP) is 17.0. The highest BCUT2D eigenvalue weighted by Crippen LogP contribution is 2.69. The van der Waals surface area contributed by atoms with E-state index in [1.165, 1.54) is 98.4 Å². The standard InChI is InChI=1S/C64H50N2/c1-2-11-44(12-3-1)45-21-26-52(27-22-45)65(54-30-32-55(33-31-54)66-62-19-8-5-16-57(62)58-17-6-9-20-63(58)66)53-28-23-46(24-29-53)47-13-10-14-48(40-47)49-25-34-61-59(41-49)56-15-4-7-18-60(56)64(61)50-36-42-35-43(38-50)39-51(64)37-42/h1-34,40-43,50-51H,35-39H2. The van der Waals surface area contributed by atoms with Crippen LogP contribution in [0.5, 0.6) is 0 Å². The summed E-state index contributed by atoms with van der Waals surface area (Å²) in [5.74, 6) is 3.46. The zero-order chi connectivity index (χ0) is 43.3. The van der Waals surface area contributed by atoms with Crippen LogP contribution in [0.3, 0.4) is 0 Å². The van der Waals surface area contributed by atoms with Gasteiger partial charge in [0.2, 0.25) is 0 Å². The molecule has 0 radical (unpaired) electrons. The second-order valence-electron chi connectivity index (χ2n) is 19.7. The van der Waals surface area contributed by atoms with Crippen molar-refractivity contribution in [2.24, 2.45) is 23.7 Å². The van der Waals surface area contributed by atoms with Crippen LogP contribution in [0.1, 0.15) is 43.2 Å². The SMILES string of the molecule is c1ccc(-c2ccc(N(c3ccc(-c4cccc(-c5ccc6c(c5)-c5ccccc5C65C6CC7CC(C6)CC5C7)c4)cc3)c3ccc(-n4c5ccccc5c5ccccc54)cc3)cc2)cc1. The Bertz CT molecular complexity index is 3390. The summed E-state index contributed by atoms with van der Waals surface area (Å²) in [4.78, 5) is 2.38. The van der Waals surface area contributed by atoms with E-state index in [2.05, 4.69) is 228 Å². The first-order valence-corrected chi connectivity index (χ1v) is 24.2. The molecule has 2 heteroatoms. The summed E-state index contributed by atoms with van der Waals surface area (Å²) in [6.07, 6.45) is 7.14. The van der Waals surface area contributed by atoms with E-state index < -0.39 is 0 Å². The lowest BCUT2D eigenvalue weighted by Gasteiger charge is -2.61. The maximum atomic E-state index is 2.55. The summed E-state index contributed by atoms with van der Waals surface area (Å²) < 4.78 is 2.39. The molecular formula is C64H50N2. The third-order valence-corrected chi connectivity index (χ3v) is 16.4. The first kappa shape index (κ1) is 37.9. The molecule has 1 spiro atoms. The van der Waals surface area contributed by atoms with E-state index in [0.717, 1.165) is 46.4 Å². The van der Waals surface area contributed by atoms with Crippen molar-refractivity contribution in [1.29, 1.82) is 0 Å². The Morgan fingerprint density at radius 2 is 0.803 bits per heavy atom. The van der Waals surface area contributed by atoms with Crippen molar-refractivity contribution >= 4 is 38.9 Å². The molecule has 0 N–H and O–H groups in total. The Hall–Kier alpha value is -7.42. The van der Waals surface area contributed by atoms with E-state index >= 15 is 0 Å². The molecule has 66 heavy (non-hydrogen) atoms. The normalized spacial score (nSPS) is 21.1. The van der Waals surface area contributed by atoms with Crippen molar-refractivity contribution in [3.05, 3.63) is 230 Å². The van der Waals surface area contributed by atoms with Gasteiger partial charge in [-0.1, -0.05) is 146 Å². The van der Waals surface area contributed by atoms with Gasteiger partial charge < -0.3 is 9.47 Å². The van der Waals surface area contributed by atoms with Crippen LogP contribution in [0, 0.1) is 23.7 Å². The molecule has 10 aromatic rings. The highest BCUT2D eigenvalue weighted by molar-refractivity contribution is 6.09. The van der Waals surface area contributed by atoms with Crippen LogP contribution in [0.25, 0.3) is 72.0 Å². The topological polar surface area (TPSA) is 8.17 Å². The van der Waals surface area contributed by atoms with Crippen LogP contribution in [0.2, 0.25) is 0 Å². The van der Waals surface area contributed by atoms with Gasteiger partial charge in [0.1, 0.15) is 0 Å². The monoisotopic (exact) mass is 846 g/mol. The summed E-state index contributed by atoms with van der Waals surface area (Å²) in [5.41, 5.74) is 20.7. The first-order chi connectivity index (χ1) is 32.7. The van der Waals surface area contributed by atoms with E-state index in [0.29, 0.717) is 0 Å². The molecular weight excluding hydrogens is 797 g/mol. The maximum absolute atomic E-state index is 2.55. The average Bonchev–Trinajstić information content (AvgIpc) is 3.87. The van der Waals surface area contributed by atoms with Crippen LogP contribution < -0.4 is 4.90 Å². The fraction of sp³-hybridized carbons (Fsp3) is 0.156. The molecule has 4 fully saturated rings. The Labute approximate surface area is 387 Å². The Balaban J connectivity index is 0.811. The van der Waals surface area contributed by atoms with E-state index in [4.69, 9.17) is 0 Å². The zero-order valence-electron chi connectivity index (χ0n) is 37.0. The number of benzene rings is 9. The summed E-state index contributed by atoms with van der Waals surface area (Å²) in [7, 11) is 0. The Morgan fingerprint density at radius 1 is 0.348 bits per heavy atom. The van der Waals surface area contributed by atoms with Gasteiger partial charge in [0.15, 0.2) is 0 Å². The minimum atomic E-state index is 0.202. The number of hydrogen-bond donors (Lipinski definition) is 0. The molecule has 15 rings (SSSR count). The predicted molar refractivity (Wildman–Crippen MR) is 275 cm³/mol. The quantitative estimate of drug-likeness (QED) is 0.155. The van der Waals surface area contributed by atoms with Crippen molar-refractivity contribution in [3.63, 3.8) is 0 Å². The highest BCUT2D eigenvalue weighted by atomic mass is 15.1. The van der Waals surface area contributed by atoms with Gasteiger partial charge in [-0.05, 0) is 184 Å². The molecule has 0 amide bonds. The minimum Gasteiger partial charge on any atom is -0.311 e. The fourth-order valence-electron chi connectivity index (χ4n) is 13.9. The molecule has 1 aromatic heterocycles.